The number of morpholine rings is 1. The Morgan fingerprint density at radius 2 is 2.21 bits per heavy atom. The van der Waals surface area contributed by atoms with E-state index < -0.39 is 16.4 Å². The molecule has 1 fully saturated rings. The van der Waals surface area contributed by atoms with Gasteiger partial charge >= 0.3 is 5.69 Å². The Morgan fingerprint density at radius 3 is 2.83 bits per heavy atom. The normalized spacial score (nSPS) is 20.8. The third kappa shape index (κ3) is 3.24. The molecule has 0 spiro atoms. The second kappa shape index (κ2) is 6.58. The number of thiophene rings is 1. The number of benzene rings is 1. The average molecular weight is 348 g/mol. The Hall–Kier alpha value is -2.45. The van der Waals surface area contributed by atoms with Gasteiger partial charge in [-0.25, -0.2) is 0 Å². The van der Waals surface area contributed by atoms with Crippen LogP contribution >= 0.6 is 11.3 Å². The summed E-state index contributed by atoms with van der Waals surface area (Å²) in [6.45, 7) is 2.72. The molecule has 2 heterocycles. The van der Waals surface area contributed by atoms with Crippen molar-refractivity contribution in [1.29, 1.82) is 0 Å². The largest absolute Gasteiger partial charge is 0.502 e. The number of rotatable bonds is 3. The zero-order valence-corrected chi connectivity index (χ0v) is 13.7. The molecule has 0 bridgehead atoms. The molecule has 126 valence electrons. The molecule has 0 radical (unpaired) electrons. The Bertz CT molecular complexity index is 762. The van der Waals surface area contributed by atoms with Gasteiger partial charge in [-0.05, 0) is 41.4 Å². The maximum absolute atomic E-state index is 12.7. The smallest absolute Gasteiger partial charge is 0.310 e. The quantitative estimate of drug-likeness (QED) is 0.680. The van der Waals surface area contributed by atoms with E-state index in [9.17, 15) is 20.0 Å². The van der Waals surface area contributed by atoms with E-state index in [1.165, 1.54) is 6.07 Å². The van der Waals surface area contributed by atoms with Crippen molar-refractivity contribution in [3.05, 3.63) is 56.3 Å². The van der Waals surface area contributed by atoms with Crippen molar-refractivity contribution in [3.63, 3.8) is 0 Å². The molecule has 1 aromatic carbocycles. The number of phenolic OH excluding ortho intramolecular Hbond substituents is 1. The molecule has 1 saturated heterocycles. The summed E-state index contributed by atoms with van der Waals surface area (Å²) in [5, 5.41) is 24.4. The van der Waals surface area contributed by atoms with Crippen LogP contribution in [-0.4, -0.2) is 40.0 Å². The van der Waals surface area contributed by atoms with Crippen LogP contribution in [0.1, 0.15) is 28.9 Å². The maximum atomic E-state index is 12.7. The van der Waals surface area contributed by atoms with Crippen LogP contribution in [0, 0.1) is 10.1 Å². The van der Waals surface area contributed by atoms with Gasteiger partial charge in [-0.15, -0.1) is 0 Å². The number of ether oxygens (including phenoxy) is 1. The molecule has 1 aliphatic rings. The first-order valence-electron chi connectivity index (χ1n) is 7.40. The SMILES string of the molecule is C[C@H]1CN(C(=O)c2ccc([N+](=O)[O-])c(O)c2)C[C@H](c2ccsc2)O1. The predicted molar refractivity (Wildman–Crippen MR) is 88.3 cm³/mol. The lowest BCUT2D eigenvalue weighted by Gasteiger charge is -2.36. The van der Waals surface area contributed by atoms with E-state index in [1.54, 1.807) is 16.2 Å². The third-order valence-corrected chi connectivity index (χ3v) is 4.58. The molecule has 2 aromatic rings. The van der Waals surface area contributed by atoms with Crippen LogP contribution in [0.5, 0.6) is 5.75 Å². The summed E-state index contributed by atoms with van der Waals surface area (Å²) in [5.74, 6) is -0.794. The number of nitro benzene ring substituents is 1. The van der Waals surface area contributed by atoms with Gasteiger partial charge in [0, 0.05) is 18.2 Å². The minimum atomic E-state index is -0.688. The number of phenols is 1. The van der Waals surface area contributed by atoms with Crippen molar-refractivity contribution in [2.75, 3.05) is 13.1 Å². The molecule has 3 rings (SSSR count). The number of aromatic hydroxyl groups is 1. The summed E-state index contributed by atoms with van der Waals surface area (Å²) in [7, 11) is 0. The Balaban J connectivity index is 1.81. The highest BCUT2D eigenvalue weighted by Gasteiger charge is 2.30. The van der Waals surface area contributed by atoms with Crippen LogP contribution in [-0.2, 0) is 4.74 Å². The van der Waals surface area contributed by atoms with Crippen molar-refractivity contribution < 1.29 is 19.6 Å². The monoisotopic (exact) mass is 348 g/mol. The molecule has 2 atom stereocenters. The number of hydrogen-bond acceptors (Lipinski definition) is 6. The van der Waals surface area contributed by atoms with E-state index in [0.29, 0.717) is 13.1 Å². The zero-order chi connectivity index (χ0) is 17.3. The fourth-order valence-corrected chi connectivity index (χ4v) is 3.45. The maximum Gasteiger partial charge on any atom is 0.310 e. The molecule has 8 heteroatoms. The fraction of sp³-hybridized carbons (Fsp3) is 0.312. The number of nitrogens with zero attached hydrogens (tertiary/aromatic N) is 2. The summed E-state index contributed by atoms with van der Waals surface area (Å²) in [4.78, 5) is 24.4. The van der Waals surface area contributed by atoms with E-state index >= 15 is 0 Å². The standard InChI is InChI=1S/C16H16N2O5S/c1-10-7-17(8-15(23-10)12-4-5-24-9-12)16(20)11-2-3-13(18(21)22)14(19)6-11/h2-6,9-10,15,19H,7-8H2,1H3/t10-,15+/m0/s1. The molecule has 0 aliphatic carbocycles. The van der Waals surface area contributed by atoms with Crippen LogP contribution in [0.15, 0.2) is 35.0 Å². The highest BCUT2D eigenvalue weighted by molar-refractivity contribution is 7.07. The van der Waals surface area contributed by atoms with Crippen LogP contribution in [0.25, 0.3) is 0 Å². The number of carbonyl (C=O) groups is 1. The highest BCUT2D eigenvalue weighted by Crippen LogP contribution is 2.30. The topological polar surface area (TPSA) is 92.9 Å². The number of carbonyl (C=O) groups excluding carboxylic acids is 1. The lowest BCUT2D eigenvalue weighted by Crippen LogP contribution is -2.45. The van der Waals surface area contributed by atoms with Gasteiger partial charge < -0.3 is 14.7 Å². The molecule has 0 unspecified atom stereocenters. The predicted octanol–water partition coefficient (Wildman–Crippen LogP) is 2.96. The molecular weight excluding hydrogens is 332 g/mol. The minimum absolute atomic E-state index is 0.126. The van der Waals surface area contributed by atoms with Crippen molar-refractivity contribution in [1.82, 2.24) is 4.90 Å². The van der Waals surface area contributed by atoms with E-state index in [1.807, 2.05) is 23.8 Å². The Morgan fingerprint density at radius 1 is 1.42 bits per heavy atom. The second-order valence-corrected chi connectivity index (χ2v) is 6.44. The fourth-order valence-electron chi connectivity index (χ4n) is 2.75. The van der Waals surface area contributed by atoms with Crippen molar-refractivity contribution in [3.8, 4) is 5.75 Å². The van der Waals surface area contributed by atoms with Gasteiger partial charge in [0.2, 0.25) is 0 Å². The summed E-state index contributed by atoms with van der Waals surface area (Å²) >= 11 is 1.57. The first-order chi connectivity index (χ1) is 11.5. The minimum Gasteiger partial charge on any atom is -0.502 e. The number of amides is 1. The van der Waals surface area contributed by atoms with Crippen molar-refractivity contribution in [2.45, 2.75) is 19.1 Å². The van der Waals surface area contributed by atoms with E-state index in [0.717, 1.165) is 17.7 Å². The van der Waals surface area contributed by atoms with Gasteiger partial charge in [-0.2, -0.15) is 11.3 Å². The van der Waals surface area contributed by atoms with Crippen LogP contribution < -0.4 is 0 Å². The second-order valence-electron chi connectivity index (χ2n) is 5.66. The van der Waals surface area contributed by atoms with Crippen LogP contribution in [0.2, 0.25) is 0 Å². The van der Waals surface area contributed by atoms with Gasteiger partial charge in [-0.1, -0.05) is 0 Å². The third-order valence-electron chi connectivity index (χ3n) is 3.88. The number of hydrogen-bond donors (Lipinski definition) is 1. The summed E-state index contributed by atoms with van der Waals surface area (Å²) in [5.41, 5.74) is 0.824. The first-order valence-corrected chi connectivity index (χ1v) is 8.34. The molecule has 0 saturated carbocycles. The van der Waals surface area contributed by atoms with Crippen molar-refractivity contribution in [2.24, 2.45) is 0 Å². The van der Waals surface area contributed by atoms with Crippen LogP contribution in [0.3, 0.4) is 0 Å². The molecule has 24 heavy (non-hydrogen) atoms. The lowest BCUT2D eigenvalue weighted by molar-refractivity contribution is -0.385. The Kier molecular flexibility index (Phi) is 4.50. The van der Waals surface area contributed by atoms with E-state index in [-0.39, 0.29) is 23.7 Å². The number of nitro groups is 1. The average Bonchev–Trinajstić information content (AvgIpc) is 3.07. The molecule has 1 amide bonds. The zero-order valence-electron chi connectivity index (χ0n) is 12.9. The van der Waals surface area contributed by atoms with E-state index in [2.05, 4.69) is 0 Å². The van der Waals surface area contributed by atoms with Crippen molar-refractivity contribution >= 4 is 22.9 Å². The lowest BCUT2D eigenvalue weighted by atomic mass is 10.1. The molecule has 7 nitrogen and oxygen atoms in total. The Labute approximate surface area is 142 Å². The first kappa shape index (κ1) is 16.4. The van der Waals surface area contributed by atoms with Crippen LogP contribution in [0.4, 0.5) is 5.69 Å². The van der Waals surface area contributed by atoms with E-state index in [4.69, 9.17) is 4.74 Å². The summed E-state index contributed by atoms with van der Waals surface area (Å²) in [6.07, 6.45) is -0.324. The molecular formula is C16H16N2O5S. The van der Waals surface area contributed by atoms with Gasteiger partial charge in [-0.3, -0.25) is 14.9 Å². The highest BCUT2D eigenvalue weighted by atomic mass is 32.1. The van der Waals surface area contributed by atoms with Gasteiger partial charge in [0.25, 0.3) is 5.91 Å². The molecule has 1 aromatic heterocycles. The van der Waals surface area contributed by atoms with Gasteiger partial charge in [0.05, 0.1) is 17.6 Å². The van der Waals surface area contributed by atoms with Gasteiger partial charge in [0.15, 0.2) is 5.75 Å². The van der Waals surface area contributed by atoms with Gasteiger partial charge in [0.1, 0.15) is 6.10 Å². The molecule has 1 aliphatic heterocycles. The summed E-state index contributed by atoms with van der Waals surface area (Å²) in [6, 6.07) is 5.61. The summed E-state index contributed by atoms with van der Waals surface area (Å²) < 4.78 is 5.90. The molecule has 1 N–H and O–H groups in total.